The molecule has 0 aliphatic heterocycles. The van der Waals surface area contributed by atoms with Crippen LogP contribution in [0.2, 0.25) is 0 Å². The Morgan fingerprint density at radius 1 is 1.04 bits per heavy atom. The van der Waals surface area contributed by atoms with Gasteiger partial charge in [-0.05, 0) is 30.3 Å². The summed E-state index contributed by atoms with van der Waals surface area (Å²) >= 11 is 0. The molecule has 0 aromatic heterocycles. The Bertz CT molecular complexity index is 787. The van der Waals surface area contributed by atoms with Gasteiger partial charge in [0.2, 0.25) is 0 Å². The van der Waals surface area contributed by atoms with Gasteiger partial charge in [-0.1, -0.05) is 18.2 Å². The highest BCUT2D eigenvalue weighted by atomic mass is 16.6. The van der Waals surface area contributed by atoms with E-state index in [0.29, 0.717) is 29.9 Å². The maximum Gasteiger partial charge on any atom is 0.344 e. The Morgan fingerprint density at radius 2 is 1.74 bits per heavy atom. The zero-order valence-electron chi connectivity index (χ0n) is 15.2. The maximum atomic E-state index is 12.1. The Kier molecular flexibility index (Phi) is 7.37. The lowest BCUT2D eigenvalue weighted by atomic mass is 10.2. The fourth-order valence-electron chi connectivity index (χ4n) is 2.26. The Balaban J connectivity index is 1.76. The van der Waals surface area contributed by atoms with Crippen molar-refractivity contribution in [1.82, 2.24) is 4.90 Å². The molecule has 0 atom stereocenters. The molecule has 0 saturated carbocycles. The molecule has 1 amide bonds. The largest absolute Gasteiger partial charge is 0.496 e. The van der Waals surface area contributed by atoms with Crippen LogP contribution < -0.4 is 9.47 Å². The number of methoxy groups -OCH3 is 1. The predicted octanol–water partition coefficient (Wildman–Crippen LogP) is 2.09. The van der Waals surface area contributed by atoms with Crippen molar-refractivity contribution >= 4 is 18.2 Å². The second-order valence-corrected chi connectivity index (χ2v) is 5.70. The molecule has 2 aromatic rings. The summed E-state index contributed by atoms with van der Waals surface area (Å²) in [6, 6.07) is 13.7. The first-order valence-electron chi connectivity index (χ1n) is 8.23. The topological polar surface area (TPSA) is 82.1 Å². The van der Waals surface area contributed by atoms with E-state index in [0.717, 1.165) is 5.56 Å². The molecule has 27 heavy (non-hydrogen) atoms. The van der Waals surface area contributed by atoms with Crippen LogP contribution >= 0.6 is 0 Å². The Labute approximate surface area is 157 Å². The number of amides is 1. The lowest BCUT2D eigenvalue weighted by Crippen LogP contribution is -2.31. The van der Waals surface area contributed by atoms with Crippen molar-refractivity contribution < 1.29 is 28.6 Å². The zero-order chi connectivity index (χ0) is 19.6. The molecule has 0 aliphatic carbocycles. The minimum Gasteiger partial charge on any atom is -0.496 e. The minimum atomic E-state index is -0.659. The van der Waals surface area contributed by atoms with Crippen molar-refractivity contribution in [3.05, 3.63) is 59.7 Å². The van der Waals surface area contributed by atoms with Gasteiger partial charge in [-0.2, -0.15) is 0 Å². The van der Waals surface area contributed by atoms with Gasteiger partial charge in [0.05, 0.1) is 7.11 Å². The highest BCUT2D eigenvalue weighted by molar-refractivity contribution is 5.81. The first-order chi connectivity index (χ1) is 13.0. The second-order valence-electron chi connectivity index (χ2n) is 5.70. The molecular weight excluding hydrogens is 350 g/mol. The summed E-state index contributed by atoms with van der Waals surface area (Å²) in [5.74, 6) is 0.110. The van der Waals surface area contributed by atoms with Crippen molar-refractivity contribution in [3.63, 3.8) is 0 Å². The number of aldehydes is 1. The van der Waals surface area contributed by atoms with E-state index in [2.05, 4.69) is 0 Å². The number of ether oxygens (including phenoxy) is 3. The number of nitrogens with zero attached hydrogens (tertiary/aromatic N) is 1. The molecule has 2 aromatic carbocycles. The smallest absolute Gasteiger partial charge is 0.344 e. The molecule has 0 fully saturated rings. The van der Waals surface area contributed by atoms with Gasteiger partial charge in [-0.3, -0.25) is 9.59 Å². The summed E-state index contributed by atoms with van der Waals surface area (Å²) in [6.45, 7) is -0.373. The fraction of sp³-hybridized carbons (Fsp3) is 0.250. The van der Waals surface area contributed by atoms with Gasteiger partial charge in [0.15, 0.2) is 13.2 Å². The molecule has 142 valence electrons. The number of esters is 1. The third-order valence-electron chi connectivity index (χ3n) is 3.76. The first kappa shape index (κ1) is 20.0. The van der Waals surface area contributed by atoms with Gasteiger partial charge in [0.1, 0.15) is 17.8 Å². The second kappa shape index (κ2) is 9.96. The van der Waals surface area contributed by atoms with E-state index in [9.17, 15) is 14.4 Å². The van der Waals surface area contributed by atoms with Crippen LogP contribution in [0.5, 0.6) is 11.5 Å². The Hall–Kier alpha value is -3.35. The summed E-state index contributed by atoms with van der Waals surface area (Å²) in [6.07, 6.45) is 0.713. The number of hydrogen-bond acceptors (Lipinski definition) is 6. The lowest BCUT2D eigenvalue weighted by molar-refractivity contribution is -0.153. The first-order valence-corrected chi connectivity index (χ1v) is 8.23. The summed E-state index contributed by atoms with van der Waals surface area (Å²) in [4.78, 5) is 35.9. The van der Waals surface area contributed by atoms with E-state index in [1.165, 1.54) is 4.90 Å². The number of carbonyl (C=O) groups excluding carboxylic acids is 3. The number of likely N-dealkylation sites (N-methyl/N-ethyl adjacent to an activating group) is 1. The molecule has 0 heterocycles. The van der Waals surface area contributed by atoms with Crippen LogP contribution in [0.25, 0.3) is 0 Å². The van der Waals surface area contributed by atoms with Crippen LogP contribution in [0.1, 0.15) is 15.9 Å². The quantitative estimate of drug-likeness (QED) is 0.496. The molecule has 0 spiro atoms. The SMILES string of the molecule is COc1ccccc1CN(C)C(=O)COC(=O)COc1ccc(C=O)cc1. The van der Waals surface area contributed by atoms with Crippen molar-refractivity contribution in [2.24, 2.45) is 0 Å². The average molecular weight is 371 g/mol. The van der Waals surface area contributed by atoms with Gasteiger partial charge in [-0.15, -0.1) is 0 Å². The number of benzene rings is 2. The molecule has 0 radical (unpaired) electrons. The molecule has 2 rings (SSSR count). The van der Waals surface area contributed by atoms with Crippen LogP contribution in [0.3, 0.4) is 0 Å². The van der Waals surface area contributed by atoms with E-state index in [1.54, 1.807) is 38.4 Å². The minimum absolute atomic E-state index is 0.329. The maximum absolute atomic E-state index is 12.1. The lowest BCUT2D eigenvalue weighted by Gasteiger charge is -2.18. The van der Waals surface area contributed by atoms with E-state index in [4.69, 9.17) is 14.2 Å². The molecule has 0 unspecified atom stereocenters. The number of rotatable bonds is 9. The summed E-state index contributed by atoms with van der Waals surface area (Å²) in [5, 5.41) is 0. The molecule has 0 N–H and O–H groups in total. The van der Waals surface area contributed by atoms with Crippen molar-refractivity contribution in [1.29, 1.82) is 0 Å². The van der Waals surface area contributed by atoms with E-state index in [1.807, 2.05) is 24.3 Å². The normalized spacial score (nSPS) is 10.0. The van der Waals surface area contributed by atoms with Crippen LogP contribution in [0.15, 0.2) is 48.5 Å². The van der Waals surface area contributed by atoms with Gasteiger partial charge in [0, 0.05) is 24.7 Å². The fourth-order valence-corrected chi connectivity index (χ4v) is 2.26. The number of carbonyl (C=O) groups is 3. The van der Waals surface area contributed by atoms with E-state index >= 15 is 0 Å². The molecule has 0 bridgehead atoms. The van der Waals surface area contributed by atoms with Gasteiger partial charge in [0.25, 0.3) is 5.91 Å². The molecule has 7 nitrogen and oxygen atoms in total. The van der Waals surface area contributed by atoms with Crippen molar-refractivity contribution in [2.45, 2.75) is 6.54 Å². The highest BCUT2D eigenvalue weighted by Crippen LogP contribution is 2.18. The molecule has 7 heteroatoms. The summed E-state index contributed by atoms with van der Waals surface area (Å²) in [7, 11) is 3.18. The van der Waals surface area contributed by atoms with E-state index < -0.39 is 5.97 Å². The van der Waals surface area contributed by atoms with Crippen LogP contribution in [-0.4, -0.2) is 50.4 Å². The zero-order valence-corrected chi connectivity index (χ0v) is 15.2. The highest BCUT2D eigenvalue weighted by Gasteiger charge is 2.14. The van der Waals surface area contributed by atoms with Gasteiger partial charge in [-0.25, -0.2) is 4.79 Å². The number of para-hydroxylation sites is 1. The third-order valence-corrected chi connectivity index (χ3v) is 3.76. The summed E-state index contributed by atoms with van der Waals surface area (Å²) in [5.41, 5.74) is 1.36. The van der Waals surface area contributed by atoms with Crippen LogP contribution in [0.4, 0.5) is 0 Å². The van der Waals surface area contributed by atoms with Crippen LogP contribution in [0, 0.1) is 0 Å². The number of hydrogen-bond donors (Lipinski definition) is 0. The monoisotopic (exact) mass is 371 g/mol. The van der Waals surface area contributed by atoms with Crippen LogP contribution in [-0.2, 0) is 20.9 Å². The van der Waals surface area contributed by atoms with Crippen molar-refractivity contribution in [3.8, 4) is 11.5 Å². The molecule has 0 saturated heterocycles. The average Bonchev–Trinajstić information content (AvgIpc) is 2.71. The Morgan fingerprint density at radius 3 is 2.41 bits per heavy atom. The van der Waals surface area contributed by atoms with Gasteiger partial charge >= 0.3 is 5.97 Å². The van der Waals surface area contributed by atoms with Crippen molar-refractivity contribution in [2.75, 3.05) is 27.4 Å². The van der Waals surface area contributed by atoms with Gasteiger partial charge < -0.3 is 19.1 Å². The van der Waals surface area contributed by atoms with E-state index in [-0.39, 0.29) is 19.1 Å². The molecule has 0 aliphatic rings. The molecular formula is C20H21NO6. The summed E-state index contributed by atoms with van der Waals surface area (Å²) < 4.78 is 15.5. The predicted molar refractivity (Wildman–Crippen MR) is 97.8 cm³/mol. The third kappa shape index (κ3) is 6.14. The standard InChI is InChI=1S/C20H21NO6/c1-21(11-16-5-3-4-6-18(16)25-2)19(23)13-27-20(24)14-26-17-9-7-15(12-22)8-10-17/h3-10,12H,11,13-14H2,1-2H3.